The van der Waals surface area contributed by atoms with Gasteiger partial charge in [-0.25, -0.2) is 0 Å². The molecule has 0 radical (unpaired) electrons. The Kier molecular flexibility index (Phi) is 3.47. The van der Waals surface area contributed by atoms with E-state index in [9.17, 15) is 4.79 Å². The lowest BCUT2D eigenvalue weighted by Crippen LogP contribution is -2.15. The van der Waals surface area contributed by atoms with Crippen molar-refractivity contribution in [2.45, 2.75) is 6.42 Å². The van der Waals surface area contributed by atoms with Gasteiger partial charge in [0.1, 0.15) is 5.75 Å². The number of nitrogens with one attached hydrogen (secondary N) is 2. The predicted molar refractivity (Wildman–Crippen MR) is 68.3 cm³/mol. The Morgan fingerprint density at radius 2 is 2.39 bits per heavy atom. The van der Waals surface area contributed by atoms with E-state index < -0.39 is 0 Å². The number of nitrogens with zero attached hydrogens (tertiary/aromatic N) is 1. The average molecular weight is 246 g/mol. The summed E-state index contributed by atoms with van der Waals surface area (Å²) in [6.45, 7) is 0. The van der Waals surface area contributed by atoms with Gasteiger partial charge < -0.3 is 15.8 Å². The van der Waals surface area contributed by atoms with Crippen molar-refractivity contribution in [1.82, 2.24) is 10.2 Å². The zero-order chi connectivity index (χ0) is 13.0. The summed E-state index contributed by atoms with van der Waals surface area (Å²) in [5.74, 6) is 0.975. The minimum Gasteiger partial charge on any atom is -0.497 e. The van der Waals surface area contributed by atoms with Crippen LogP contribution in [0.1, 0.15) is 5.56 Å². The van der Waals surface area contributed by atoms with Crippen LogP contribution >= 0.6 is 0 Å². The Balaban J connectivity index is 2.01. The standard InChI is InChI=1S/C12H14N4O2/c1-18-9-4-2-3-8(5-9)6-11(17)15-12-10(13)7-14-16-12/h2-5,7H,6,13H2,1H3,(H2,14,15,16,17). The molecular weight excluding hydrogens is 232 g/mol. The molecule has 94 valence electrons. The van der Waals surface area contributed by atoms with Crippen molar-refractivity contribution in [3.63, 3.8) is 0 Å². The summed E-state index contributed by atoms with van der Waals surface area (Å²) in [5, 5.41) is 8.99. The van der Waals surface area contributed by atoms with Gasteiger partial charge in [-0.15, -0.1) is 0 Å². The van der Waals surface area contributed by atoms with E-state index in [1.807, 2.05) is 24.3 Å². The van der Waals surface area contributed by atoms with E-state index in [1.165, 1.54) is 6.20 Å². The quantitative estimate of drug-likeness (QED) is 0.755. The van der Waals surface area contributed by atoms with Crippen LogP contribution in [0.5, 0.6) is 5.75 Å². The lowest BCUT2D eigenvalue weighted by molar-refractivity contribution is -0.115. The molecular formula is C12H14N4O2. The number of hydrogen-bond acceptors (Lipinski definition) is 4. The van der Waals surface area contributed by atoms with Gasteiger partial charge in [-0.3, -0.25) is 9.89 Å². The third kappa shape index (κ3) is 2.79. The van der Waals surface area contributed by atoms with Gasteiger partial charge in [-0.2, -0.15) is 5.10 Å². The van der Waals surface area contributed by atoms with E-state index in [1.54, 1.807) is 7.11 Å². The van der Waals surface area contributed by atoms with Crippen molar-refractivity contribution in [2.75, 3.05) is 18.2 Å². The predicted octanol–water partition coefficient (Wildman–Crippen LogP) is 1.18. The minimum absolute atomic E-state index is 0.167. The molecule has 0 aliphatic heterocycles. The van der Waals surface area contributed by atoms with Gasteiger partial charge in [0.25, 0.3) is 0 Å². The van der Waals surface area contributed by atoms with Gasteiger partial charge in [0.2, 0.25) is 5.91 Å². The maximum Gasteiger partial charge on any atom is 0.229 e. The largest absolute Gasteiger partial charge is 0.497 e. The first-order valence-electron chi connectivity index (χ1n) is 5.40. The van der Waals surface area contributed by atoms with Crippen LogP contribution in [0.25, 0.3) is 0 Å². The molecule has 18 heavy (non-hydrogen) atoms. The van der Waals surface area contributed by atoms with Gasteiger partial charge in [-0.05, 0) is 17.7 Å². The Morgan fingerprint density at radius 3 is 3.06 bits per heavy atom. The highest BCUT2D eigenvalue weighted by Crippen LogP contribution is 2.15. The normalized spacial score (nSPS) is 10.1. The zero-order valence-electron chi connectivity index (χ0n) is 9.93. The lowest BCUT2D eigenvalue weighted by Gasteiger charge is -2.05. The summed E-state index contributed by atoms with van der Waals surface area (Å²) in [4.78, 5) is 11.8. The van der Waals surface area contributed by atoms with Crippen molar-refractivity contribution >= 4 is 17.4 Å². The maximum atomic E-state index is 11.8. The number of hydrogen-bond donors (Lipinski definition) is 3. The molecule has 0 saturated carbocycles. The Morgan fingerprint density at radius 1 is 1.56 bits per heavy atom. The average Bonchev–Trinajstić information content (AvgIpc) is 2.75. The first-order chi connectivity index (χ1) is 8.69. The van der Waals surface area contributed by atoms with E-state index in [-0.39, 0.29) is 12.3 Å². The minimum atomic E-state index is -0.167. The van der Waals surface area contributed by atoms with E-state index in [0.717, 1.165) is 11.3 Å². The number of benzene rings is 1. The summed E-state index contributed by atoms with van der Waals surface area (Å²) in [7, 11) is 1.59. The number of nitrogen functional groups attached to an aromatic ring is 1. The third-order valence-electron chi connectivity index (χ3n) is 2.43. The van der Waals surface area contributed by atoms with Gasteiger partial charge in [0.05, 0.1) is 25.4 Å². The Labute approximate surface area is 104 Å². The van der Waals surface area contributed by atoms with Crippen LogP contribution in [-0.4, -0.2) is 23.2 Å². The summed E-state index contributed by atoms with van der Waals surface area (Å²) in [5.41, 5.74) is 6.88. The number of aromatic nitrogens is 2. The van der Waals surface area contributed by atoms with Crippen LogP contribution < -0.4 is 15.8 Å². The Hall–Kier alpha value is -2.50. The van der Waals surface area contributed by atoms with Gasteiger partial charge in [0.15, 0.2) is 5.82 Å². The summed E-state index contributed by atoms with van der Waals surface area (Å²) in [6, 6.07) is 7.34. The molecule has 0 aliphatic carbocycles. The van der Waals surface area contributed by atoms with Crippen molar-refractivity contribution in [3.8, 4) is 5.75 Å². The molecule has 0 spiro atoms. The smallest absolute Gasteiger partial charge is 0.229 e. The molecule has 6 nitrogen and oxygen atoms in total. The SMILES string of the molecule is COc1cccc(CC(=O)Nc2[nH]ncc2N)c1. The molecule has 1 aromatic carbocycles. The molecule has 1 heterocycles. The highest BCUT2D eigenvalue weighted by atomic mass is 16.5. The number of methoxy groups -OCH3 is 1. The fourth-order valence-corrected chi connectivity index (χ4v) is 1.55. The number of carbonyl (C=O) groups is 1. The number of aromatic amines is 1. The number of rotatable bonds is 4. The van der Waals surface area contributed by atoms with Crippen LogP contribution in [0, 0.1) is 0 Å². The molecule has 2 aromatic rings. The number of nitrogens with two attached hydrogens (primary N) is 1. The van der Waals surface area contributed by atoms with E-state index in [4.69, 9.17) is 10.5 Å². The molecule has 4 N–H and O–H groups in total. The Bertz CT molecular complexity index is 551. The fourth-order valence-electron chi connectivity index (χ4n) is 1.55. The molecule has 1 aromatic heterocycles. The number of amides is 1. The molecule has 1 amide bonds. The number of carbonyl (C=O) groups excluding carboxylic acids is 1. The van der Waals surface area contributed by atoms with E-state index >= 15 is 0 Å². The molecule has 0 atom stereocenters. The fraction of sp³-hybridized carbons (Fsp3) is 0.167. The van der Waals surface area contributed by atoms with E-state index in [0.29, 0.717) is 11.5 Å². The van der Waals surface area contributed by atoms with Gasteiger partial charge in [0, 0.05) is 0 Å². The summed E-state index contributed by atoms with van der Waals surface area (Å²) < 4.78 is 5.09. The van der Waals surface area contributed by atoms with Crippen LogP contribution in [0.4, 0.5) is 11.5 Å². The highest BCUT2D eigenvalue weighted by Gasteiger charge is 2.08. The van der Waals surface area contributed by atoms with E-state index in [2.05, 4.69) is 15.5 Å². The highest BCUT2D eigenvalue weighted by molar-refractivity contribution is 5.93. The number of ether oxygens (including phenoxy) is 1. The van der Waals surface area contributed by atoms with Gasteiger partial charge >= 0.3 is 0 Å². The number of H-pyrrole nitrogens is 1. The van der Waals surface area contributed by atoms with Crippen molar-refractivity contribution in [1.29, 1.82) is 0 Å². The molecule has 0 saturated heterocycles. The van der Waals surface area contributed by atoms with Crippen LogP contribution in [0.3, 0.4) is 0 Å². The molecule has 0 fully saturated rings. The van der Waals surface area contributed by atoms with Crippen LogP contribution in [0.15, 0.2) is 30.5 Å². The van der Waals surface area contributed by atoms with Crippen molar-refractivity contribution in [2.24, 2.45) is 0 Å². The zero-order valence-corrected chi connectivity index (χ0v) is 9.93. The second-order valence-electron chi connectivity index (χ2n) is 3.78. The second-order valence-corrected chi connectivity index (χ2v) is 3.78. The lowest BCUT2D eigenvalue weighted by atomic mass is 10.1. The molecule has 0 unspecified atom stereocenters. The second kappa shape index (κ2) is 5.22. The van der Waals surface area contributed by atoms with Crippen LogP contribution in [0.2, 0.25) is 0 Å². The van der Waals surface area contributed by atoms with Gasteiger partial charge in [-0.1, -0.05) is 12.1 Å². The van der Waals surface area contributed by atoms with Crippen LogP contribution in [-0.2, 0) is 11.2 Å². The number of anilines is 2. The molecule has 0 aliphatic rings. The molecule has 2 rings (SSSR count). The summed E-state index contributed by atoms with van der Waals surface area (Å²) >= 11 is 0. The summed E-state index contributed by atoms with van der Waals surface area (Å²) in [6.07, 6.45) is 1.69. The first-order valence-corrected chi connectivity index (χ1v) is 5.40. The van der Waals surface area contributed by atoms with Crippen molar-refractivity contribution in [3.05, 3.63) is 36.0 Å². The first kappa shape index (κ1) is 12.0. The molecule has 6 heteroatoms. The molecule has 0 bridgehead atoms. The maximum absolute atomic E-state index is 11.8. The monoisotopic (exact) mass is 246 g/mol. The topological polar surface area (TPSA) is 93.0 Å². The van der Waals surface area contributed by atoms with Crippen molar-refractivity contribution < 1.29 is 9.53 Å². The third-order valence-corrected chi connectivity index (χ3v) is 2.43.